The quantitative estimate of drug-likeness (QED) is 0.524. The zero-order valence-corrected chi connectivity index (χ0v) is 18.6. The van der Waals surface area contributed by atoms with Gasteiger partial charge in [-0.1, -0.05) is 18.3 Å². The molecule has 0 saturated carbocycles. The van der Waals surface area contributed by atoms with E-state index in [1.54, 1.807) is 19.4 Å². The molecule has 0 atom stereocenters. The smallest absolute Gasteiger partial charge is 0.273 e. The number of hydrogen-bond acceptors (Lipinski definition) is 7. The number of ether oxygens (including phenoxy) is 1. The van der Waals surface area contributed by atoms with E-state index in [1.165, 1.54) is 16.0 Å². The monoisotopic (exact) mass is 436 g/mol. The first-order valence-electron chi connectivity index (χ1n) is 10.4. The van der Waals surface area contributed by atoms with Crippen molar-refractivity contribution in [2.75, 3.05) is 25.1 Å². The summed E-state index contributed by atoms with van der Waals surface area (Å²) in [5.74, 6) is 2.28. The lowest BCUT2D eigenvalue weighted by atomic mass is 10.00. The summed E-state index contributed by atoms with van der Waals surface area (Å²) in [6.07, 6.45) is 4.12. The number of aromatic nitrogens is 5. The molecule has 3 aromatic heterocycles. The number of anilines is 1. The SMILES string of the molecule is COc1ccc2nc(-n3[nH]c(-c4cnc(N5CCC(C)CC5)nc4C)cc3=O)sc2c1. The lowest BCUT2D eigenvalue weighted by molar-refractivity contribution is 0.415. The second kappa shape index (κ2) is 7.81. The molecule has 0 radical (unpaired) electrons. The molecule has 4 aromatic rings. The maximum Gasteiger partial charge on any atom is 0.273 e. The van der Waals surface area contributed by atoms with Crippen molar-refractivity contribution in [2.45, 2.75) is 26.7 Å². The summed E-state index contributed by atoms with van der Waals surface area (Å²) in [6.45, 7) is 6.20. The molecular weight excluding hydrogens is 412 g/mol. The predicted octanol–water partition coefficient (Wildman–Crippen LogP) is 3.79. The van der Waals surface area contributed by atoms with E-state index in [-0.39, 0.29) is 5.56 Å². The van der Waals surface area contributed by atoms with Crippen molar-refractivity contribution in [3.05, 3.63) is 46.5 Å². The second-order valence-electron chi connectivity index (χ2n) is 8.01. The Balaban J connectivity index is 1.46. The maximum atomic E-state index is 12.7. The van der Waals surface area contributed by atoms with Crippen molar-refractivity contribution >= 4 is 27.5 Å². The van der Waals surface area contributed by atoms with Crippen LogP contribution < -0.4 is 15.2 Å². The number of nitrogens with zero attached hydrogens (tertiary/aromatic N) is 5. The Labute approximate surface area is 183 Å². The number of aromatic amines is 1. The van der Waals surface area contributed by atoms with Gasteiger partial charge in [0.15, 0.2) is 0 Å². The third-order valence-corrected chi connectivity index (χ3v) is 6.82. The summed E-state index contributed by atoms with van der Waals surface area (Å²) in [4.78, 5) is 28.8. The van der Waals surface area contributed by atoms with Crippen LogP contribution in [0.4, 0.5) is 5.95 Å². The minimum atomic E-state index is -0.172. The molecule has 5 rings (SSSR count). The molecule has 1 aliphatic rings. The Morgan fingerprint density at radius 1 is 1.19 bits per heavy atom. The number of piperidine rings is 1. The Bertz CT molecular complexity index is 1300. The molecule has 0 spiro atoms. The maximum absolute atomic E-state index is 12.7. The number of H-pyrrole nitrogens is 1. The average molecular weight is 437 g/mol. The molecule has 31 heavy (non-hydrogen) atoms. The van der Waals surface area contributed by atoms with Crippen molar-refractivity contribution in [3.63, 3.8) is 0 Å². The highest BCUT2D eigenvalue weighted by Crippen LogP contribution is 2.29. The van der Waals surface area contributed by atoms with Crippen LogP contribution in [0.5, 0.6) is 5.75 Å². The standard InChI is InChI=1S/C22H24N6O2S/c1-13-6-8-27(9-7-13)21-23-12-16(14(2)24-21)18-11-20(29)28(26-18)22-25-17-5-4-15(30-3)10-19(17)31-22/h4-5,10-13,26H,6-9H2,1-3H3. The van der Waals surface area contributed by atoms with Crippen molar-refractivity contribution in [3.8, 4) is 22.1 Å². The molecule has 0 amide bonds. The molecule has 0 aliphatic carbocycles. The van der Waals surface area contributed by atoms with Gasteiger partial charge in [0.25, 0.3) is 5.56 Å². The van der Waals surface area contributed by atoms with Gasteiger partial charge in [-0.25, -0.2) is 15.0 Å². The number of fused-ring (bicyclic) bond motifs is 1. The molecule has 8 nitrogen and oxygen atoms in total. The number of benzene rings is 1. The van der Waals surface area contributed by atoms with Gasteiger partial charge in [-0.2, -0.15) is 4.68 Å². The van der Waals surface area contributed by atoms with Crippen LogP contribution >= 0.6 is 11.3 Å². The zero-order valence-electron chi connectivity index (χ0n) is 17.8. The van der Waals surface area contributed by atoms with Crippen molar-refractivity contribution in [1.29, 1.82) is 0 Å². The molecule has 1 N–H and O–H groups in total. The van der Waals surface area contributed by atoms with Crippen LogP contribution in [-0.4, -0.2) is 44.9 Å². The van der Waals surface area contributed by atoms with Gasteiger partial charge in [-0.3, -0.25) is 9.89 Å². The van der Waals surface area contributed by atoms with Crippen molar-refractivity contribution in [2.24, 2.45) is 5.92 Å². The summed E-state index contributed by atoms with van der Waals surface area (Å²) < 4.78 is 7.70. The molecule has 1 saturated heterocycles. The van der Waals surface area contributed by atoms with E-state index in [0.29, 0.717) is 10.8 Å². The summed E-state index contributed by atoms with van der Waals surface area (Å²) in [5, 5.41) is 3.76. The molecule has 0 unspecified atom stereocenters. The lowest BCUT2D eigenvalue weighted by Gasteiger charge is -2.30. The minimum Gasteiger partial charge on any atom is -0.497 e. The first-order valence-corrected chi connectivity index (χ1v) is 11.2. The topological polar surface area (TPSA) is 88.9 Å². The molecule has 0 bridgehead atoms. The predicted molar refractivity (Wildman–Crippen MR) is 122 cm³/mol. The molecule has 1 aliphatic heterocycles. The number of hydrogen-bond donors (Lipinski definition) is 1. The molecule has 9 heteroatoms. The largest absolute Gasteiger partial charge is 0.497 e. The first-order chi connectivity index (χ1) is 15.0. The molecule has 1 fully saturated rings. The van der Waals surface area contributed by atoms with Gasteiger partial charge in [0.05, 0.1) is 28.7 Å². The number of methoxy groups -OCH3 is 1. The highest BCUT2D eigenvalue weighted by molar-refractivity contribution is 7.20. The van der Waals surface area contributed by atoms with E-state index in [9.17, 15) is 4.79 Å². The highest BCUT2D eigenvalue weighted by atomic mass is 32.1. The van der Waals surface area contributed by atoms with Gasteiger partial charge in [-0.15, -0.1) is 0 Å². The van der Waals surface area contributed by atoms with Gasteiger partial charge >= 0.3 is 0 Å². The molecular formula is C22H24N6O2S. The lowest BCUT2D eigenvalue weighted by Crippen LogP contribution is -2.34. The Hall–Kier alpha value is -3.20. The fraction of sp³-hybridized carbons (Fsp3) is 0.364. The van der Waals surface area contributed by atoms with Gasteiger partial charge in [0, 0.05) is 30.9 Å². The highest BCUT2D eigenvalue weighted by Gasteiger charge is 2.20. The van der Waals surface area contributed by atoms with E-state index in [0.717, 1.165) is 65.0 Å². The minimum absolute atomic E-state index is 0.172. The van der Waals surface area contributed by atoms with Crippen LogP contribution in [0.15, 0.2) is 35.3 Å². The molecule has 4 heterocycles. The van der Waals surface area contributed by atoms with Crippen LogP contribution in [0, 0.1) is 12.8 Å². The normalized spacial score (nSPS) is 15.0. The Morgan fingerprint density at radius 2 is 2.00 bits per heavy atom. The molecule has 160 valence electrons. The number of rotatable bonds is 4. The van der Waals surface area contributed by atoms with Crippen LogP contribution in [0.3, 0.4) is 0 Å². The summed E-state index contributed by atoms with van der Waals surface area (Å²) in [7, 11) is 1.63. The third kappa shape index (κ3) is 3.69. The number of nitrogens with one attached hydrogen (secondary N) is 1. The van der Waals surface area contributed by atoms with Gasteiger partial charge in [-0.05, 0) is 43.9 Å². The molecule has 1 aromatic carbocycles. The van der Waals surface area contributed by atoms with E-state index in [4.69, 9.17) is 9.72 Å². The first kappa shape index (κ1) is 19.7. The van der Waals surface area contributed by atoms with E-state index in [1.807, 2.05) is 25.1 Å². The van der Waals surface area contributed by atoms with Crippen LogP contribution in [0.25, 0.3) is 26.6 Å². The number of thiazole rings is 1. The fourth-order valence-corrected chi connectivity index (χ4v) is 4.83. The third-order valence-electron chi connectivity index (χ3n) is 5.82. The second-order valence-corrected chi connectivity index (χ2v) is 9.02. The Morgan fingerprint density at radius 3 is 2.74 bits per heavy atom. The average Bonchev–Trinajstić information content (AvgIpc) is 3.36. The Kier molecular flexibility index (Phi) is 4.97. The van der Waals surface area contributed by atoms with Crippen LogP contribution in [0.2, 0.25) is 0 Å². The van der Waals surface area contributed by atoms with Crippen LogP contribution in [0.1, 0.15) is 25.5 Å². The van der Waals surface area contributed by atoms with E-state index >= 15 is 0 Å². The van der Waals surface area contributed by atoms with E-state index in [2.05, 4.69) is 26.9 Å². The summed E-state index contributed by atoms with van der Waals surface area (Å²) in [6, 6.07) is 7.24. The van der Waals surface area contributed by atoms with Gasteiger partial charge in [0.2, 0.25) is 11.1 Å². The van der Waals surface area contributed by atoms with Gasteiger partial charge < -0.3 is 9.64 Å². The van der Waals surface area contributed by atoms with Gasteiger partial charge in [0.1, 0.15) is 5.75 Å². The van der Waals surface area contributed by atoms with Crippen molar-refractivity contribution < 1.29 is 4.74 Å². The fourth-order valence-electron chi connectivity index (χ4n) is 3.87. The summed E-state index contributed by atoms with van der Waals surface area (Å²) >= 11 is 1.43. The number of aryl methyl sites for hydroxylation is 1. The van der Waals surface area contributed by atoms with E-state index < -0.39 is 0 Å². The summed E-state index contributed by atoms with van der Waals surface area (Å²) in [5.41, 5.74) is 2.98. The van der Waals surface area contributed by atoms with Crippen LogP contribution in [-0.2, 0) is 0 Å². The zero-order chi connectivity index (χ0) is 21.5. The van der Waals surface area contributed by atoms with Crippen molar-refractivity contribution in [1.82, 2.24) is 24.7 Å².